The molecule has 0 aliphatic rings. The molecular weight excluding hydrogens is 610 g/mol. The van der Waals surface area contributed by atoms with Crippen LogP contribution < -0.4 is 15.0 Å². The van der Waals surface area contributed by atoms with Crippen LogP contribution in [-0.2, 0) is 6.61 Å². The Morgan fingerprint density at radius 1 is 0.947 bits per heavy atom. The Labute approximate surface area is 236 Å². The van der Waals surface area contributed by atoms with E-state index in [2.05, 4.69) is 37.0 Å². The lowest BCUT2D eigenvalue weighted by Gasteiger charge is -2.15. The first kappa shape index (κ1) is 25.9. The third kappa shape index (κ3) is 5.28. The van der Waals surface area contributed by atoms with Crippen LogP contribution >= 0.6 is 31.9 Å². The second-order valence-electron chi connectivity index (χ2n) is 8.58. The number of methoxy groups -OCH3 is 1. The minimum Gasteiger partial charge on any atom is -0.493 e. The van der Waals surface area contributed by atoms with Gasteiger partial charge in [-0.25, -0.2) is 4.98 Å². The predicted molar refractivity (Wildman–Crippen MR) is 158 cm³/mol. The fraction of sp³-hybridized carbons (Fsp3) is 0.100. The summed E-state index contributed by atoms with van der Waals surface area (Å²) in [7, 11) is 1.58. The van der Waals surface area contributed by atoms with Crippen molar-refractivity contribution in [2.45, 2.75) is 13.5 Å². The zero-order valence-corrected chi connectivity index (χ0v) is 23.9. The van der Waals surface area contributed by atoms with Crippen molar-refractivity contribution in [2.24, 2.45) is 5.10 Å². The maximum absolute atomic E-state index is 13.5. The largest absolute Gasteiger partial charge is 0.493 e. The Hall–Kier alpha value is -3.75. The number of fused-ring (bicyclic) bond motifs is 1. The molecule has 6 nitrogen and oxygen atoms in total. The van der Waals surface area contributed by atoms with Gasteiger partial charge in [0.25, 0.3) is 5.56 Å². The van der Waals surface area contributed by atoms with E-state index in [9.17, 15) is 4.79 Å². The highest BCUT2D eigenvalue weighted by atomic mass is 79.9. The molecule has 0 atom stereocenters. The Morgan fingerprint density at radius 2 is 1.66 bits per heavy atom. The zero-order valence-electron chi connectivity index (χ0n) is 20.7. The van der Waals surface area contributed by atoms with Crippen LogP contribution in [0.5, 0.6) is 11.5 Å². The molecule has 0 bridgehead atoms. The minimum atomic E-state index is -0.258. The molecule has 0 N–H and O–H groups in total. The molecule has 0 saturated heterocycles. The fourth-order valence-electron chi connectivity index (χ4n) is 3.95. The highest BCUT2D eigenvalue weighted by Gasteiger charge is 2.18. The third-order valence-corrected chi connectivity index (χ3v) is 8.12. The average molecular weight is 633 g/mol. The molecule has 38 heavy (non-hydrogen) atoms. The van der Waals surface area contributed by atoms with E-state index in [1.807, 2.05) is 85.8 Å². The number of rotatable bonds is 7. The molecule has 190 valence electrons. The van der Waals surface area contributed by atoms with Gasteiger partial charge >= 0.3 is 0 Å². The van der Waals surface area contributed by atoms with Gasteiger partial charge in [0.1, 0.15) is 6.61 Å². The average Bonchev–Trinajstić information content (AvgIpc) is 2.95. The molecule has 8 heteroatoms. The lowest BCUT2D eigenvalue weighted by molar-refractivity contribution is 0.282. The van der Waals surface area contributed by atoms with E-state index in [0.29, 0.717) is 49.3 Å². The van der Waals surface area contributed by atoms with Crippen molar-refractivity contribution in [3.05, 3.63) is 121 Å². The SMILES string of the molecule is COc1cc(C=Nn2c(-c3ccccc3)nc3ccccc3c2=O)c(Br)c(Br)c1OCc1ccc(C)cc1. The molecule has 0 aliphatic carbocycles. The van der Waals surface area contributed by atoms with E-state index in [-0.39, 0.29) is 5.56 Å². The molecule has 5 rings (SSSR count). The first-order chi connectivity index (χ1) is 18.5. The molecule has 0 radical (unpaired) electrons. The van der Waals surface area contributed by atoms with Crippen molar-refractivity contribution >= 4 is 49.0 Å². The van der Waals surface area contributed by atoms with Crippen LogP contribution in [0.15, 0.2) is 104 Å². The standard InChI is InChI=1S/C30H23Br2N3O3/c1-19-12-14-20(15-13-19)18-38-28-25(37-2)16-22(26(31)27(28)32)17-33-35-29(21-8-4-3-5-9-21)34-24-11-7-6-10-23(24)30(35)36/h3-17H,18H2,1-2H3. The summed E-state index contributed by atoms with van der Waals surface area (Å²) in [6.45, 7) is 2.43. The van der Waals surface area contributed by atoms with E-state index >= 15 is 0 Å². The summed E-state index contributed by atoms with van der Waals surface area (Å²) in [5.74, 6) is 1.54. The number of hydrogen-bond acceptors (Lipinski definition) is 5. The normalized spacial score (nSPS) is 11.3. The quantitative estimate of drug-likeness (QED) is 0.176. The highest BCUT2D eigenvalue weighted by Crippen LogP contribution is 2.42. The molecule has 5 aromatic rings. The van der Waals surface area contributed by atoms with Crippen LogP contribution in [0.2, 0.25) is 0 Å². The number of benzene rings is 4. The van der Waals surface area contributed by atoms with Gasteiger partial charge in [-0.1, -0.05) is 72.3 Å². The molecule has 4 aromatic carbocycles. The number of aryl methyl sites for hydroxylation is 1. The molecule has 0 aliphatic heterocycles. The summed E-state index contributed by atoms with van der Waals surface area (Å²) in [5.41, 5.74) is 4.06. The smallest absolute Gasteiger partial charge is 0.282 e. The van der Waals surface area contributed by atoms with Crippen molar-refractivity contribution in [1.29, 1.82) is 0 Å². The number of para-hydroxylation sites is 1. The van der Waals surface area contributed by atoms with Crippen LogP contribution in [0.3, 0.4) is 0 Å². The second-order valence-corrected chi connectivity index (χ2v) is 10.2. The molecule has 0 spiro atoms. The van der Waals surface area contributed by atoms with Crippen LogP contribution in [0.25, 0.3) is 22.3 Å². The molecule has 0 amide bonds. The molecule has 0 unspecified atom stereocenters. The van der Waals surface area contributed by atoms with E-state index in [1.165, 1.54) is 10.2 Å². The van der Waals surface area contributed by atoms with Gasteiger partial charge in [0, 0.05) is 15.6 Å². The van der Waals surface area contributed by atoms with Gasteiger partial charge in [-0.05, 0) is 62.5 Å². The molecule has 1 heterocycles. The fourth-order valence-corrected chi connectivity index (χ4v) is 4.89. The maximum Gasteiger partial charge on any atom is 0.282 e. The number of ether oxygens (including phenoxy) is 2. The Kier molecular flexibility index (Phi) is 7.72. The number of halogens is 2. The highest BCUT2D eigenvalue weighted by molar-refractivity contribution is 9.13. The summed E-state index contributed by atoms with van der Waals surface area (Å²) >= 11 is 7.29. The Bertz CT molecular complexity index is 1700. The van der Waals surface area contributed by atoms with E-state index < -0.39 is 0 Å². The van der Waals surface area contributed by atoms with Crippen LogP contribution in [0.4, 0.5) is 0 Å². The zero-order chi connectivity index (χ0) is 26.6. The predicted octanol–water partition coefficient (Wildman–Crippen LogP) is 7.37. The summed E-state index contributed by atoms with van der Waals surface area (Å²) in [6.07, 6.45) is 1.60. The van der Waals surface area contributed by atoms with Crippen molar-refractivity contribution in [3.63, 3.8) is 0 Å². The van der Waals surface area contributed by atoms with Gasteiger partial charge in [0.05, 0.1) is 28.7 Å². The van der Waals surface area contributed by atoms with Crippen LogP contribution in [0.1, 0.15) is 16.7 Å². The molecule has 0 saturated carbocycles. The summed E-state index contributed by atoms with van der Waals surface area (Å²) < 4.78 is 14.5. The first-order valence-corrected chi connectivity index (χ1v) is 13.4. The third-order valence-electron chi connectivity index (χ3n) is 5.98. The van der Waals surface area contributed by atoms with Gasteiger partial charge < -0.3 is 9.47 Å². The number of aromatic nitrogens is 2. The summed E-state index contributed by atoms with van der Waals surface area (Å²) in [4.78, 5) is 18.2. The van der Waals surface area contributed by atoms with Gasteiger partial charge in [0.2, 0.25) is 0 Å². The van der Waals surface area contributed by atoms with Gasteiger partial charge in [-0.3, -0.25) is 4.79 Å². The summed E-state index contributed by atoms with van der Waals surface area (Å²) in [6, 6.07) is 26.7. The second kappa shape index (κ2) is 11.3. The maximum atomic E-state index is 13.5. The number of nitrogens with zero attached hydrogens (tertiary/aromatic N) is 3. The lowest BCUT2D eigenvalue weighted by Crippen LogP contribution is -2.20. The Morgan fingerprint density at radius 3 is 2.39 bits per heavy atom. The Balaban J connectivity index is 1.55. The lowest BCUT2D eigenvalue weighted by atomic mass is 10.1. The molecule has 1 aromatic heterocycles. The monoisotopic (exact) mass is 631 g/mol. The van der Waals surface area contributed by atoms with Gasteiger partial charge in [-0.2, -0.15) is 9.78 Å². The number of hydrogen-bond donors (Lipinski definition) is 0. The van der Waals surface area contributed by atoms with Crippen molar-refractivity contribution in [3.8, 4) is 22.9 Å². The molecular formula is C30H23Br2N3O3. The van der Waals surface area contributed by atoms with Crippen molar-refractivity contribution in [1.82, 2.24) is 9.66 Å². The minimum absolute atomic E-state index is 0.258. The first-order valence-electron chi connectivity index (χ1n) is 11.8. The van der Waals surface area contributed by atoms with E-state index in [0.717, 1.165) is 11.1 Å². The van der Waals surface area contributed by atoms with Crippen LogP contribution in [-0.4, -0.2) is 23.0 Å². The summed E-state index contributed by atoms with van der Waals surface area (Å²) in [5, 5.41) is 5.07. The van der Waals surface area contributed by atoms with Gasteiger partial charge in [-0.15, -0.1) is 0 Å². The van der Waals surface area contributed by atoms with Crippen molar-refractivity contribution < 1.29 is 9.47 Å². The van der Waals surface area contributed by atoms with E-state index in [4.69, 9.17) is 14.5 Å². The van der Waals surface area contributed by atoms with E-state index in [1.54, 1.807) is 19.4 Å². The van der Waals surface area contributed by atoms with Gasteiger partial charge in [0.15, 0.2) is 17.3 Å². The van der Waals surface area contributed by atoms with Crippen LogP contribution in [0, 0.1) is 6.92 Å². The molecule has 0 fully saturated rings. The van der Waals surface area contributed by atoms with Crippen molar-refractivity contribution in [2.75, 3.05) is 7.11 Å². The topological polar surface area (TPSA) is 65.7 Å².